The van der Waals surface area contributed by atoms with Crippen LogP contribution < -0.4 is 10.6 Å². The van der Waals surface area contributed by atoms with E-state index >= 15 is 0 Å². The third-order valence-electron chi connectivity index (χ3n) is 2.29. The lowest BCUT2D eigenvalue weighted by atomic mass is 10.2. The zero-order valence-electron chi connectivity index (χ0n) is 10.6. The van der Waals surface area contributed by atoms with Crippen LogP contribution in [0.2, 0.25) is 0 Å². The van der Waals surface area contributed by atoms with Gasteiger partial charge in [0.15, 0.2) is 0 Å². The molecule has 0 aromatic heterocycles. The molecular formula is C13H18Br2N2O. The van der Waals surface area contributed by atoms with Gasteiger partial charge in [0, 0.05) is 34.5 Å². The predicted molar refractivity (Wildman–Crippen MR) is 81.4 cm³/mol. The Morgan fingerprint density at radius 1 is 1.28 bits per heavy atom. The van der Waals surface area contributed by atoms with E-state index in [-0.39, 0.29) is 11.9 Å². The SMILES string of the molecule is CC(C)NC(=O)CCNCc1ccc(Br)c(Br)c1. The molecule has 1 rings (SSSR count). The molecule has 0 unspecified atom stereocenters. The van der Waals surface area contributed by atoms with Crippen molar-refractivity contribution in [1.29, 1.82) is 0 Å². The normalized spacial score (nSPS) is 10.7. The monoisotopic (exact) mass is 376 g/mol. The third kappa shape index (κ3) is 5.98. The lowest BCUT2D eigenvalue weighted by Gasteiger charge is -2.09. The molecule has 3 nitrogen and oxygen atoms in total. The molecule has 0 saturated heterocycles. The van der Waals surface area contributed by atoms with Crippen molar-refractivity contribution < 1.29 is 4.79 Å². The largest absolute Gasteiger partial charge is 0.354 e. The minimum atomic E-state index is 0.0921. The number of carbonyl (C=O) groups excluding carboxylic acids is 1. The van der Waals surface area contributed by atoms with Gasteiger partial charge in [-0.15, -0.1) is 0 Å². The van der Waals surface area contributed by atoms with Crippen LogP contribution >= 0.6 is 31.9 Å². The van der Waals surface area contributed by atoms with Crippen LogP contribution in [0.25, 0.3) is 0 Å². The summed E-state index contributed by atoms with van der Waals surface area (Å²) in [4.78, 5) is 11.4. The quantitative estimate of drug-likeness (QED) is 0.747. The Hall–Kier alpha value is -0.390. The second-order valence-electron chi connectivity index (χ2n) is 4.40. The van der Waals surface area contributed by atoms with E-state index < -0.39 is 0 Å². The number of amides is 1. The minimum absolute atomic E-state index is 0.0921. The molecule has 0 aliphatic heterocycles. The standard InChI is InChI=1S/C13H18Br2N2O/c1-9(2)17-13(18)5-6-16-8-10-3-4-11(14)12(15)7-10/h3-4,7,9,16H,5-6,8H2,1-2H3,(H,17,18). The molecule has 1 amide bonds. The fraction of sp³-hybridized carbons (Fsp3) is 0.462. The summed E-state index contributed by atoms with van der Waals surface area (Å²) in [5.41, 5.74) is 1.19. The molecule has 5 heteroatoms. The summed E-state index contributed by atoms with van der Waals surface area (Å²) in [5, 5.41) is 6.12. The molecule has 2 N–H and O–H groups in total. The Bertz CT molecular complexity index is 408. The Kier molecular flexibility index (Phi) is 6.89. The van der Waals surface area contributed by atoms with E-state index in [0.717, 1.165) is 15.5 Å². The third-order valence-corrected chi connectivity index (χ3v) is 4.17. The molecule has 0 aliphatic carbocycles. The van der Waals surface area contributed by atoms with Crippen molar-refractivity contribution in [3.05, 3.63) is 32.7 Å². The van der Waals surface area contributed by atoms with Crippen molar-refractivity contribution in [3.63, 3.8) is 0 Å². The molecular weight excluding hydrogens is 360 g/mol. The number of rotatable bonds is 6. The van der Waals surface area contributed by atoms with Crippen LogP contribution in [0.4, 0.5) is 0 Å². The van der Waals surface area contributed by atoms with E-state index in [1.165, 1.54) is 5.56 Å². The highest BCUT2D eigenvalue weighted by Gasteiger charge is 2.03. The number of nitrogens with one attached hydrogen (secondary N) is 2. The van der Waals surface area contributed by atoms with E-state index in [1.54, 1.807) is 0 Å². The first-order chi connectivity index (χ1) is 8.49. The maximum absolute atomic E-state index is 11.4. The highest BCUT2D eigenvalue weighted by Crippen LogP contribution is 2.23. The van der Waals surface area contributed by atoms with Gasteiger partial charge in [-0.3, -0.25) is 4.79 Å². The molecule has 0 radical (unpaired) electrons. The first kappa shape index (κ1) is 15.7. The lowest BCUT2D eigenvalue weighted by Crippen LogP contribution is -2.32. The van der Waals surface area contributed by atoms with Crippen molar-refractivity contribution >= 4 is 37.8 Å². The van der Waals surface area contributed by atoms with Gasteiger partial charge in [-0.25, -0.2) is 0 Å². The van der Waals surface area contributed by atoms with Crippen LogP contribution in [0.1, 0.15) is 25.8 Å². The van der Waals surface area contributed by atoms with E-state index in [9.17, 15) is 4.79 Å². The molecule has 0 atom stereocenters. The van der Waals surface area contributed by atoms with Gasteiger partial charge in [0.1, 0.15) is 0 Å². The number of benzene rings is 1. The Labute approximate surface area is 125 Å². The zero-order valence-corrected chi connectivity index (χ0v) is 13.8. The summed E-state index contributed by atoms with van der Waals surface area (Å²) >= 11 is 6.90. The van der Waals surface area contributed by atoms with Gasteiger partial charge in [0.2, 0.25) is 5.91 Å². The maximum Gasteiger partial charge on any atom is 0.221 e. The van der Waals surface area contributed by atoms with E-state index in [1.807, 2.05) is 19.9 Å². The van der Waals surface area contributed by atoms with Gasteiger partial charge in [-0.05, 0) is 63.4 Å². The van der Waals surface area contributed by atoms with Crippen LogP contribution in [0.3, 0.4) is 0 Å². The Morgan fingerprint density at radius 2 is 2.00 bits per heavy atom. The lowest BCUT2D eigenvalue weighted by molar-refractivity contribution is -0.121. The summed E-state index contributed by atoms with van der Waals surface area (Å²) in [7, 11) is 0. The van der Waals surface area contributed by atoms with E-state index in [2.05, 4.69) is 54.6 Å². The number of carbonyl (C=O) groups is 1. The zero-order chi connectivity index (χ0) is 13.5. The maximum atomic E-state index is 11.4. The smallest absolute Gasteiger partial charge is 0.221 e. The fourth-order valence-electron chi connectivity index (χ4n) is 1.48. The molecule has 0 bridgehead atoms. The average molecular weight is 378 g/mol. The average Bonchev–Trinajstić information content (AvgIpc) is 2.28. The van der Waals surface area contributed by atoms with Crippen molar-refractivity contribution in [2.45, 2.75) is 32.9 Å². The number of hydrogen-bond acceptors (Lipinski definition) is 2. The molecule has 0 heterocycles. The van der Waals surface area contributed by atoms with Crippen LogP contribution in [0.5, 0.6) is 0 Å². The van der Waals surface area contributed by atoms with Crippen LogP contribution in [0.15, 0.2) is 27.1 Å². The predicted octanol–water partition coefficient (Wildman–Crippen LogP) is 3.22. The molecule has 1 aromatic carbocycles. The second-order valence-corrected chi connectivity index (χ2v) is 6.11. The molecule has 0 saturated carbocycles. The molecule has 0 fully saturated rings. The van der Waals surface area contributed by atoms with Crippen molar-refractivity contribution in [1.82, 2.24) is 10.6 Å². The first-order valence-electron chi connectivity index (χ1n) is 5.93. The summed E-state index contributed by atoms with van der Waals surface area (Å²) < 4.78 is 2.09. The highest BCUT2D eigenvalue weighted by atomic mass is 79.9. The summed E-state index contributed by atoms with van der Waals surface area (Å²) in [6.07, 6.45) is 0.510. The number of halogens is 2. The highest BCUT2D eigenvalue weighted by molar-refractivity contribution is 9.13. The molecule has 1 aromatic rings. The van der Waals surface area contributed by atoms with Crippen molar-refractivity contribution in [2.75, 3.05) is 6.54 Å². The summed E-state index contributed by atoms with van der Waals surface area (Å²) in [6, 6.07) is 6.33. The van der Waals surface area contributed by atoms with Crippen LogP contribution in [-0.4, -0.2) is 18.5 Å². The van der Waals surface area contributed by atoms with E-state index in [0.29, 0.717) is 13.0 Å². The topological polar surface area (TPSA) is 41.1 Å². The van der Waals surface area contributed by atoms with Crippen LogP contribution in [-0.2, 0) is 11.3 Å². The minimum Gasteiger partial charge on any atom is -0.354 e. The van der Waals surface area contributed by atoms with Crippen molar-refractivity contribution in [3.8, 4) is 0 Å². The number of hydrogen-bond donors (Lipinski definition) is 2. The molecule has 18 heavy (non-hydrogen) atoms. The van der Waals surface area contributed by atoms with E-state index in [4.69, 9.17) is 0 Å². The molecule has 0 spiro atoms. The second kappa shape index (κ2) is 7.92. The van der Waals surface area contributed by atoms with Gasteiger partial charge in [0.05, 0.1) is 0 Å². The van der Waals surface area contributed by atoms with Gasteiger partial charge in [0.25, 0.3) is 0 Å². The van der Waals surface area contributed by atoms with Gasteiger partial charge < -0.3 is 10.6 Å². The molecule has 100 valence electrons. The Morgan fingerprint density at radius 3 is 2.61 bits per heavy atom. The van der Waals surface area contributed by atoms with Gasteiger partial charge in [-0.2, -0.15) is 0 Å². The van der Waals surface area contributed by atoms with Crippen molar-refractivity contribution in [2.24, 2.45) is 0 Å². The van der Waals surface area contributed by atoms with Gasteiger partial charge >= 0.3 is 0 Å². The summed E-state index contributed by atoms with van der Waals surface area (Å²) in [6.45, 7) is 5.38. The molecule has 0 aliphatic rings. The fourth-order valence-corrected chi connectivity index (χ4v) is 2.15. The summed E-state index contributed by atoms with van der Waals surface area (Å²) in [5.74, 6) is 0.0921. The Balaban J connectivity index is 2.25. The van der Waals surface area contributed by atoms with Crippen LogP contribution in [0, 0.1) is 0 Å². The van der Waals surface area contributed by atoms with Gasteiger partial charge in [-0.1, -0.05) is 6.07 Å². The first-order valence-corrected chi connectivity index (χ1v) is 7.51.